The minimum atomic E-state index is -3.73. The van der Waals surface area contributed by atoms with Gasteiger partial charge in [0.2, 0.25) is 15.9 Å². The Bertz CT molecular complexity index is 1440. The van der Waals surface area contributed by atoms with Gasteiger partial charge in [0.1, 0.15) is 5.82 Å². The molecule has 1 aliphatic heterocycles. The van der Waals surface area contributed by atoms with Crippen LogP contribution < -0.4 is 4.72 Å². The van der Waals surface area contributed by atoms with Gasteiger partial charge in [0, 0.05) is 24.6 Å². The van der Waals surface area contributed by atoms with Gasteiger partial charge < -0.3 is 14.2 Å². The number of hydrogen-bond donors (Lipinski definition) is 1. The van der Waals surface area contributed by atoms with Gasteiger partial charge >= 0.3 is 6.09 Å². The Morgan fingerprint density at radius 2 is 1.84 bits per heavy atom. The molecule has 0 saturated heterocycles. The average molecular weight is 539 g/mol. The van der Waals surface area contributed by atoms with Crippen LogP contribution in [-0.4, -0.2) is 54.8 Å². The van der Waals surface area contributed by atoms with Crippen LogP contribution in [0.2, 0.25) is 0 Å². The lowest BCUT2D eigenvalue weighted by Gasteiger charge is -2.27. The fourth-order valence-electron chi connectivity index (χ4n) is 5.85. The van der Waals surface area contributed by atoms with Crippen molar-refractivity contribution in [3.63, 3.8) is 0 Å². The third-order valence-corrected chi connectivity index (χ3v) is 8.30. The molecule has 0 spiro atoms. The fourth-order valence-corrected chi connectivity index (χ4v) is 6.36. The summed E-state index contributed by atoms with van der Waals surface area (Å²) >= 11 is 0. The molecule has 1 N–H and O–H groups in total. The number of hydrogen-bond acceptors (Lipinski definition) is 6. The molecule has 38 heavy (non-hydrogen) atoms. The number of nitrogens with one attached hydrogen (secondary N) is 1. The Morgan fingerprint density at radius 1 is 1.11 bits per heavy atom. The lowest BCUT2D eigenvalue weighted by Crippen LogP contribution is -2.36. The molecule has 2 aromatic carbocycles. The molecule has 1 saturated carbocycles. The molecule has 5 rings (SSSR count). The Hall–Kier alpha value is -3.40. The maximum absolute atomic E-state index is 13.3. The minimum Gasteiger partial charge on any atom is -0.453 e. The fraction of sp³-hybridized carbons (Fsp3) is 0.464. The van der Waals surface area contributed by atoms with Crippen molar-refractivity contribution in [1.82, 2.24) is 19.2 Å². The van der Waals surface area contributed by atoms with Crippen molar-refractivity contribution in [3.8, 4) is 0 Å². The van der Waals surface area contributed by atoms with Crippen LogP contribution in [0.25, 0.3) is 11.0 Å². The normalized spacial score (nSPS) is 17.2. The summed E-state index contributed by atoms with van der Waals surface area (Å²) in [5.74, 6) is -0.115. The second-order valence-electron chi connectivity index (χ2n) is 10.3. The molecule has 202 valence electrons. The van der Waals surface area contributed by atoms with Crippen LogP contribution in [0.15, 0.2) is 42.5 Å². The highest BCUT2D eigenvalue weighted by Gasteiger charge is 2.31. The molecule has 9 nitrogen and oxygen atoms in total. The van der Waals surface area contributed by atoms with Gasteiger partial charge in [-0.05, 0) is 36.5 Å². The quantitative estimate of drug-likeness (QED) is 0.507. The van der Waals surface area contributed by atoms with E-state index >= 15 is 0 Å². The predicted molar refractivity (Wildman–Crippen MR) is 144 cm³/mol. The number of amides is 2. The zero-order valence-corrected chi connectivity index (χ0v) is 22.7. The summed E-state index contributed by atoms with van der Waals surface area (Å²) in [6.07, 6.45) is 6.83. The number of nitrogens with zero attached hydrogens (tertiary/aromatic N) is 3. The third kappa shape index (κ3) is 5.41. The van der Waals surface area contributed by atoms with Crippen LogP contribution in [0.1, 0.15) is 66.5 Å². The van der Waals surface area contributed by atoms with E-state index in [2.05, 4.69) is 21.4 Å². The maximum atomic E-state index is 13.3. The maximum Gasteiger partial charge on any atom is 0.409 e. The van der Waals surface area contributed by atoms with E-state index in [0.717, 1.165) is 71.9 Å². The van der Waals surface area contributed by atoms with Crippen LogP contribution >= 0.6 is 0 Å². The molecular weight excluding hydrogens is 504 g/mol. The number of imidazole rings is 1. The van der Waals surface area contributed by atoms with Crippen LogP contribution in [-0.2, 0) is 39.1 Å². The number of fused-ring (bicyclic) bond motifs is 3. The highest BCUT2D eigenvalue weighted by atomic mass is 32.2. The molecule has 0 radical (unpaired) electrons. The van der Waals surface area contributed by atoms with E-state index in [-0.39, 0.29) is 18.6 Å². The number of carbonyl (C=O) groups is 2. The lowest BCUT2D eigenvalue weighted by molar-refractivity contribution is -0.121. The Labute approximate surface area is 223 Å². The summed E-state index contributed by atoms with van der Waals surface area (Å²) in [5, 5.41) is 0. The zero-order valence-electron chi connectivity index (χ0n) is 21.9. The number of benzene rings is 2. The first-order valence-electron chi connectivity index (χ1n) is 13.2. The smallest absolute Gasteiger partial charge is 0.409 e. The molecule has 2 amide bonds. The molecule has 1 aliphatic carbocycles. The standard InChI is InChI=1S/C28H34N4O5S/c1-37-28(34)31-16-15-20-13-14-24-25(22(20)17-31)29-26(21-11-7-4-8-12-21)32(24)18-23(19-9-5-3-6-10-19)27(33)30-38(2,35)36/h3,5-6,9-10,13-14,21,23H,4,7-8,11-12,15-18H2,1-2H3,(H,30,33). The summed E-state index contributed by atoms with van der Waals surface area (Å²) in [4.78, 5) is 32.5. The summed E-state index contributed by atoms with van der Waals surface area (Å²) in [7, 11) is -2.34. The SMILES string of the molecule is COC(=O)N1CCc2ccc3c(nc(C4CCCCC4)n3CC(C(=O)NS(C)(=O)=O)c3ccccc3)c2C1. The second-order valence-corrected chi connectivity index (χ2v) is 12.1. The number of methoxy groups -OCH3 is 1. The highest BCUT2D eigenvalue weighted by molar-refractivity contribution is 7.89. The number of sulfonamides is 1. The van der Waals surface area contributed by atoms with Crippen molar-refractivity contribution in [2.45, 2.75) is 63.5 Å². The predicted octanol–water partition coefficient (Wildman–Crippen LogP) is 4.07. The third-order valence-electron chi connectivity index (χ3n) is 7.72. The van der Waals surface area contributed by atoms with Crippen LogP contribution in [0, 0.1) is 0 Å². The monoisotopic (exact) mass is 538 g/mol. The lowest BCUT2D eigenvalue weighted by atomic mass is 9.88. The van der Waals surface area contributed by atoms with Gasteiger partial charge in [-0.25, -0.2) is 18.2 Å². The largest absolute Gasteiger partial charge is 0.453 e. The Morgan fingerprint density at radius 3 is 2.53 bits per heavy atom. The summed E-state index contributed by atoms with van der Waals surface area (Å²) in [6, 6.07) is 13.4. The number of carbonyl (C=O) groups excluding carboxylic acids is 2. The van der Waals surface area contributed by atoms with Gasteiger partial charge in [0.25, 0.3) is 0 Å². The van der Waals surface area contributed by atoms with Crippen molar-refractivity contribution >= 4 is 33.1 Å². The molecule has 3 aromatic rings. The van der Waals surface area contributed by atoms with E-state index in [0.29, 0.717) is 13.1 Å². The van der Waals surface area contributed by atoms with E-state index in [4.69, 9.17) is 9.72 Å². The molecule has 1 aromatic heterocycles. The Balaban J connectivity index is 1.63. The topological polar surface area (TPSA) is 111 Å². The second kappa shape index (κ2) is 10.8. The summed E-state index contributed by atoms with van der Waals surface area (Å²) in [6.45, 7) is 1.26. The van der Waals surface area contributed by atoms with Gasteiger partial charge in [-0.3, -0.25) is 9.52 Å². The van der Waals surface area contributed by atoms with E-state index < -0.39 is 21.8 Å². The molecule has 1 fully saturated rings. The van der Waals surface area contributed by atoms with Crippen LogP contribution in [0.4, 0.5) is 4.79 Å². The van der Waals surface area contributed by atoms with Gasteiger partial charge in [-0.1, -0.05) is 55.7 Å². The first-order valence-corrected chi connectivity index (χ1v) is 15.0. The van der Waals surface area contributed by atoms with Gasteiger partial charge in [0.15, 0.2) is 0 Å². The van der Waals surface area contributed by atoms with E-state index in [1.165, 1.54) is 13.5 Å². The average Bonchev–Trinajstić information content (AvgIpc) is 3.29. The Kier molecular flexibility index (Phi) is 7.43. The molecular formula is C28H34N4O5S. The first kappa shape index (κ1) is 26.2. The van der Waals surface area contributed by atoms with Gasteiger partial charge in [0.05, 0.1) is 36.9 Å². The molecule has 1 unspecified atom stereocenters. The number of ether oxygens (including phenoxy) is 1. The molecule has 1 atom stereocenters. The van der Waals surface area contributed by atoms with Crippen molar-refractivity contribution < 1.29 is 22.7 Å². The number of rotatable bonds is 6. The molecule has 2 heterocycles. The van der Waals surface area contributed by atoms with E-state index in [1.54, 1.807) is 4.90 Å². The van der Waals surface area contributed by atoms with E-state index in [1.807, 2.05) is 30.3 Å². The van der Waals surface area contributed by atoms with Gasteiger partial charge in [-0.15, -0.1) is 0 Å². The van der Waals surface area contributed by atoms with Crippen molar-refractivity contribution in [3.05, 3.63) is 65.0 Å². The highest BCUT2D eigenvalue weighted by Crippen LogP contribution is 2.37. The van der Waals surface area contributed by atoms with Gasteiger partial charge in [-0.2, -0.15) is 0 Å². The zero-order chi connectivity index (χ0) is 26.9. The van der Waals surface area contributed by atoms with Crippen molar-refractivity contribution in [2.75, 3.05) is 19.9 Å². The van der Waals surface area contributed by atoms with Crippen molar-refractivity contribution in [2.24, 2.45) is 0 Å². The first-order chi connectivity index (χ1) is 18.2. The van der Waals surface area contributed by atoms with Crippen LogP contribution in [0.5, 0.6) is 0 Å². The van der Waals surface area contributed by atoms with E-state index in [9.17, 15) is 18.0 Å². The summed E-state index contributed by atoms with van der Waals surface area (Å²) in [5.41, 5.74) is 4.63. The summed E-state index contributed by atoms with van der Waals surface area (Å²) < 4.78 is 33.3. The molecule has 10 heteroatoms. The van der Waals surface area contributed by atoms with Crippen LogP contribution in [0.3, 0.4) is 0 Å². The molecule has 2 aliphatic rings. The minimum absolute atomic E-state index is 0.251. The number of aromatic nitrogens is 2. The van der Waals surface area contributed by atoms with Crippen molar-refractivity contribution in [1.29, 1.82) is 0 Å². The molecule has 0 bridgehead atoms.